The van der Waals surface area contributed by atoms with E-state index in [-0.39, 0.29) is 12.7 Å². The molecule has 3 atom stereocenters. The van der Waals surface area contributed by atoms with Crippen molar-refractivity contribution in [3.63, 3.8) is 0 Å². The van der Waals surface area contributed by atoms with Crippen LogP contribution in [0.1, 0.15) is 127 Å². The molecule has 1 saturated carbocycles. The minimum atomic E-state index is -4.77. The van der Waals surface area contributed by atoms with Gasteiger partial charge in [-0.15, -0.1) is 0 Å². The monoisotopic (exact) mass is 747 g/mol. The predicted molar refractivity (Wildman–Crippen MR) is 205 cm³/mol. The van der Waals surface area contributed by atoms with Gasteiger partial charge < -0.3 is 0 Å². The van der Waals surface area contributed by atoms with Gasteiger partial charge >= 0.3 is 291 Å². The number of hydrogen-bond acceptors (Lipinski definition) is 0. The Hall–Kier alpha value is -1.18. The van der Waals surface area contributed by atoms with Crippen LogP contribution in [-0.2, 0) is 21.0 Å². The van der Waals surface area contributed by atoms with Crippen LogP contribution >= 0.6 is 17.0 Å². The van der Waals surface area contributed by atoms with Crippen molar-refractivity contribution in [2.75, 3.05) is 0 Å². The standard InChI is InChI=1S/C20H21.C20H27.C2H7Si.2ClH.Zr/c1-14-12-16-6-5-7-18(19(16)13-14)15-8-10-17(11-9-15)20(2,3)4;1-4-15(3)19-7-5-6-17-12-18(13-20(17)19)16-10-8-14(2)9-11-16;1-3-2;;;/h5-13H,1-4H3;5-7,12-16H,4,8-11H2,1-3H3;3H,1-2H3;2*1H;/q;;;;;+2/p-2. The molecule has 0 N–H and O–H groups in total. The van der Waals surface area contributed by atoms with Crippen LogP contribution in [0, 0.1) is 11.8 Å². The molecule has 0 bridgehead atoms. The Morgan fingerprint density at radius 3 is 2.02 bits per heavy atom. The van der Waals surface area contributed by atoms with Gasteiger partial charge in [0, 0.05) is 0 Å². The van der Waals surface area contributed by atoms with Gasteiger partial charge in [-0.2, -0.15) is 0 Å². The van der Waals surface area contributed by atoms with Crippen molar-refractivity contribution in [3.05, 3.63) is 105 Å². The molecule has 0 radical (unpaired) electrons. The van der Waals surface area contributed by atoms with Gasteiger partial charge in [0.15, 0.2) is 0 Å². The topological polar surface area (TPSA) is 0 Å². The second kappa shape index (κ2) is 12.6. The molecule has 3 aromatic carbocycles. The van der Waals surface area contributed by atoms with Crippen LogP contribution < -0.4 is 0 Å². The zero-order chi connectivity index (χ0) is 33.2. The molecule has 0 heterocycles. The summed E-state index contributed by atoms with van der Waals surface area (Å²) in [5.74, 6) is 0.317. The third-order valence-electron chi connectivity index (χ3n) is 12.3. The first kappa shape index (κ1) is 34.7. The number of hydrogen-bond donors (Lipinski definition) is 0. The number of halogens is 2. The minimum absolute atomic E-state index is 0.131. The summed E-state index contributed by atoms with van der Waals surface area (Å²) in [6.45, 7) is 21.3. The van der Waals surface area contributed by atoms with Gasteiger partial charge in [-0.05, 0) is 0 Å². The Bertz CT molecular complexity index is 1680. The normalized spacial score (nSPS) is 24.6. The molecule has 3 unspecified atom stereocenters. The fraction of sp³-hybridized carbons (Fsp3) is 0.476. The van der Waals surface area contributed by atoms with Crippen LogP contribution in [-0.4, -0.2) is 5.92 Å². The maximum atomic E-state index is 8.73. The zero-order valence-electron chi connectivity index (χ0n) is 29.7. The quantitative estimate of drug-likeness (QED) is 0.211. The van der Waals surface area contributed by atoms with Gasteiger partial charge in [0.05, 0.1) is 0 Å². The van der Waals surface area contributed by atoms with Crippen molar-refractivity contribution in [2.45, 2.75) is 112 Å². The summed E-state index contributed by atoms with van der Waals surface area (Å²) in [7, 11) is 17.5. The Morgan fingerprint density at radius 2 is 1.43 bits per heavy atom. The van der Waals surface area contributed by atoms with Crippen molar-refractivity contribution in [1.29, 1.82) is 0 Å². The Labute approximate surface area is 288 Å². The molecule has 1 fully saturated rings. The first-order valence-corrected chi connectivity index (χ1v) is 34.3. The Kier molecular flexibility index (Phi) is 9.51. The molecule has 0 aromatic heterocycles. The molecular weight excluding hydrogens is 695 g/mol. The van der Waals surface area contributed by atoms with Crippen LogP contribution in [0.5, 0.6) is 0 Å². The van der Waals surface area contributed by atoms with Crippen LogP contribution in [0.2, 0.25) is 13.1 Å². The average Bonchev–Trinajstić information content (AvgIpc) is 3.59. The van der Waals surface area contributed by atoms with E-state index in [9.17, 15) is 0 Å². The third kappa shape index (κ3) is 5.68. The van der Waals surface area contributed by atoms with Gasteiger partial charge in [0.1, 0.15) is 0 Å². The fourth-order valence-corrected chi connectivity index (χ4v) is 41.1. The van der Waals surface area contributed by atoms with Crippen LogP contribution in [0.3, 0.4) is 0 Å². The van der Waals surface area contributed by atoms with Crippen LogP contribution in [0.25, 0.3) is 23.3 Å². The van der Waals surface area contributed by atoms with E-state index in [2.05, 4.69) is 134 Å². The number of benzene rings is 3. The molecule has 4 heteroatoms. The van der Waals surface area contributed by atoms with E-state index in [1.807, 2.05) is 0 Å². The second-order valence-electron chi connectivity index (χ2n) is 16.5. The summed E-state index contributed by atoms with van der Waals surface area (Å²) in [6, 6.07) is 23.3. The van der Waals surface area contributed by atoms with Gasteiger partial charge in [-0.3, -0.25) is 0 Å². The van der Waals surface area contributed by atoms with Gasteiger partial charge in [0.2, 0.25) is 0 Å². The summed E-state index contributed by atoms with van der Waals surface area (Å²) in [5.41, 5.74) is 14.2. The molecule has 6 rings (SSSR count). The van der Waals surface area contributed by atoms with E-state index in [0.29, 0.717) is 11.8 Å². The molecule has 0 saturated heterocycles. The molecule has 3 aliphatic carbocycles. The van der Waals surface area contributed by atoms with E-state index in [4.69, 9.17) is 17.0 Å². The average molecular weight is 750 g/mol. The van der Waals surface area contributed by atoms with E-state index < -0.39 is 21.5 Å². The number of allylic oxidation sites excluding steroid dienone is 2. The molecule has 46 heavy (non-hydrogen) atoms. The van der Waals surface area contributed by atoms with Crippen LogP contribution in [0.15, 0.2) is 71.8 Å². The molecule has 3 aliphatic rings. The number of rotatable bonds is 7. The van der Waals surface area contributed by atoms with E-state index in [1.54, 1.807) is 5.57 Å². The predicted octanol–water partition coefficient (Wildman–Crippen LogP) is 13.6. The zero-order valence-corrected chi connectivity index (χ0v) is 34.8. The van der Waals surface area contributed by atoms with Crippen LogP contribution in [0.4, 0.5) is 0 Å². The van der Waals surface area contributed by atoms with Gasteiger partial charge in [-0.25, -0.2) is 0 Å². The molecule has 0 amide bonds. The Morgan fingerprint density at radius 1 is 0.826 bits per heavy atom. The van der Waals surface area contributed by atoms with E-state index in [0.717, 1.165) is 12.3 Å². The summed E-state index contributed by atoms with van der Waals surface area (Å²) in [6.07, 6.45) is 11.4. The second-order valence-corrected chi connectivity index (χ2v) is 59.0. The van der Waals surface area contributed by atoms with Crippen molar-refractivity contribution in [3.8, 4) is 11.1 Å². The van der Waals surface area contributed by atoms with Crippen molar-refractivity contribution in [2.24, 2.45) is 11.8 Å². The Balaban J connectivity index is 1.53. The fourth-order valence-electron chi connectivity index (χ4n) is 9.18. The molecule has 0 aliphatic heterocycles. The summed E-state index contributed by atoms with van der Waals surface area (Å²) < 4.78 is 0.317. The molecule has 0 spiro atoms. The summed E-state index contributed by atoms with van der Waals surface area (Å²) in [5, 5.41) is 0. The van der Waals surface area contributed by atoms with Crippen molar-refractivity contribution in [1.82, 2.24) is 0 Å². The molecule has 3 aromatic rings. The van der Waals surface area contributed by atoms with Gasteiger partial charge in [-0.1, -0.05) is 0 Å². The van der Waals surface area contributed by atoms with Gasteiger partial charge in [0.25, 0.3) is 0 Å². The molecule has 0 nitrogen and oxygen atoms in total. The SMILES string of the molecule is CCC(C)c1cccc2c1C=C(C1CCC(C)CC1)[CH]2[Zr]([Cl])([Cl])([CH]1C(C)=Cc2c(-c3ccc(C(C)(C)C)cc3)cccc21)[SiH](C)C. The van der Waals surface area contributed by atoms with Crippen molar-refractivity contribution < 1.29 is 15.6 Å². The first-order valence-electron chi connectivity index (χ1n) is 18.0. The molecular formula is C42H55Cl2SiZr. The van der Waals surface area contributed by atoms with E-state index >= 15 is 0 Å². The third-order valence-corrected chi connectivity index (χ3v) is 64.3. The molecule has 245 valence electrons. The summed E-state index contributed by atoms with van der Waals surface area (Å²) >= 11 is -4.77. The number of fused-ring (bicyclic) bond motifs is 2. The first-order chi connectivity index (χ1) is 21.7. The maximum absolute atomic E-state index is 8.73. The summed E-state index contributed by atoms with van der Waals surface area (Å²) in [4.78, 5) is 0. The van der Waals surface area contributed by atoms with Crippen molar-refractivity contribution >= 4 is 35.1 Å². The van der Waals surface area contributed by atoms with E-state index in [1.165, 1.54) is 75.8 Å².